The fourth-order valence-electron chi connectivity index (χ4n) is 4.15. The second-order valence-corrected chi connectivity index (χ2v) is 10.4. The fraction of sp³-hybridized carbons (Fsp3) is 0.148. The molecule has 1 heterocycles. The molecule has 9 heteroatoms. The summed E-state index contributed by atoms with van der Waals surface area (Å²) in [6.45, 7) is 3.30. The molecule has 1 aliphatic rings. The molecule has 0 aliphatic heterocycles. The summed E-state index contributed by atoms with van der Waals surface area (Å²) in [7, 11) is -2.18. The van der Waals surface area contributed by atoms with Crippen LogP contribution < -0.4 is 15.0 Å². The summed E-state index contributed by atoms with van der Waals surface area (Å²) >= 11 is 0. The zero-order valence-electron chi connectivity index (χ0n) is 19.3. The van der Waals surface area contributed by atoms with Crippen molar-refractivity contribution in [3.8, 4) is 22.6 Å². The van der Waals surface area contributed by atoms with Crippen LogP contribution in [0, 0.1) is 11.6 Å². The van der Waals surface area contributed by atoms with Crippen LogP contribution in [0.2, 0.25) is 0 Å². The standard InChI is InChI=1S/C27H22F2N2O4S/c1-3-36(33,34)30-19-8-11-25(35-26-10-7-18(28)13-24(26)29)21(14-19)23-15-31(2)27(32)22-12-17(16-4-5-16)6-9-20(22)23/h3,6-16,30H,1,4-5H2,2H3. The quantitative estimate of drug-likeness (QED) is 0.330. The number of anilines is 1. The lowest BCUT2D eigenvalue weighted by atomic mass is 9.97. The van der Waals surface area contributed by atoms with Crippen molar-refractivity contribution in [2.75, 3.05) is 4.72 Å². The number of nitrogens with zero attached hydrogens (tertiary/aromatic N) is 1. The molecule has 3 aromatic carbocycles. The molecule has 1 aromatic heterocycles. The van der Waals surface area contributed by atoms with Crippen LogP contribution >= 0.6 is 0 Å². The SMILES string of the molecule is C=CS(=O)(=O)Nc1ccc(Oc2ccc(F)cc2F)c(-c2cn(C)c(=O)c3cc(C4CC4)ccc23)c1. The highest BCUT2D eigenvalue weighted by molar-refractivity contribution is 7.95. The largest absolute Gasteiger partial charge is 0.454 e. The van der Waals surface area contributed by atoms with Gasteiger partial charge in [-0.25, -0.2) is 17.2 Å². The molecule has 1 aliphatic carbocycles. The summed E-state index contributed by atoms with van der Waals surface area (Å²) in [5.74, 6) is -1.21. The van der Waals surface area contributed by atoms with E-state index >= 15 is 0 Å². The Balaban J connectivity index is 1.72. The first kappa shape index (κ1) is 23.7. The Hall–Kier alpha value is -3.98. The topological polar surface area (TPSA) is 77.4 Å². The van der Waals surface area contributed by atoms with E-state index in [0.717, 1.165) is 29.9 Å². The number of pyridine rings is 1. The molecule has 1 fully saturated rings. The molecule has 0 spiro atoms. The van der Waals surface area contributed by atoms with Crippen molar-refractivity contribution < 1.29 is 21.9 Å². The Morgan fingerprint density at radius 3 is 2.44 bits per heavy atom. The van der Waals surface area contributed by atoms with Crippen molar-refractivity contribution in [1.82, 2.24) is 4.57 Å². The van der Waals surface area contributed by atoms with Gasteiger partial charge >= 0.3 is 0 Å². The van der Waals surface area contributed by atoms with Crippen molar-refractivity contribution in [3.63, 3.8) is 0 Å². The molecule has 5 rings (SSSR count). The highest BCUT2D eigenvalue weighted by Gasteiger charge is 2.25. The molecule has 0 atom stereocenters. The van der Waals surface area contributed by atoms with Gasteiger partial charge in [-0.15, -0.1) is 0 Å². The second kappa shape index (κ2) is 8.91. The first-order valence-corrected chi connectivity index (χ1v) is 12.8. The Morgan fingerprint density at radius 1 is 1.00 bits per heavy atom. The molecule has 4 aromatic rings. The van der Waals surface area contributed by atoms with E-state index < -0.39 is 21.7 Å². The number of fused-ring (bicyclic) bond motifs is 1. The molecule has 0 radical (unpaired) electrons. The van der Waals surface area contributed by atoms with E-state index in [9.17, 15) is 22.0 Å². The molecule has 0 saturated heterocycles. The van der Waals surface area contributed by atoms with E-state index in [2.05, 4.69) is 11.3 Å². The zero-order valence-corrected chi connectivity index (χ0v) is 20.1. The van der Waals surface area contributed by atoms with E-state index in [4.69, 9.17) is 4.74 Å². The van der Waals surface area contributed by atoms with Crippen LogP contribution in [-0.4, -0.2) is 13.0 Å². The van der Waals surface area contributed by atoms with Gasteiger partial charge in [0.05, 0.1) is 0 Å². The number of aryl methyl sites for hydroxylation is 1. The number of sulfonamides is 1. The smallest absolute Gasteiger partial charge is 0.258 e. The van der Waals surface area contributed by atoms with Crippen LogP contribution in [0.3, 0.4) is 0 Å². The third kappa shape index (κ3) is 4.61. The molecular weight excluding hydrogens is 486 g/mol. The third-order valence-corrected chi connectivity index (χ3v) is 7.08. The van der Waals surface area contributed by atoms with Gasteiger partial charge in [0.15, 0.2) is 11.6 Å². The maximum atomic E-state index is 14.4. The molecule has 6 nitrogen and oxygen atoms in total. The number of aromatic nitrogens is 1. The summed E-state index contributed by atoms with van der Waals surface area (Å²) in [6, 6.07) is 13.2. The Kier molecular flexibility index (Phi) is 5.88. The van der Waals surface area contributed by atoms with Crippen LogP contribution in [0.5, 0.6) is 11.5 Å². The van der Waals surface area contributed by atoms with Gasteiger partial charge in [-0.1, -0.05) is 18.7 Å². The minimum atomic E-state index is -3.80. The lowest BCUT2D eigenvalue weighted by Crippen LogP contribution is -2.17. The predicted octanol–water partition coefficient (Wildman–Crippen LogP) is 6.04. The van der Waals surface area contributed by atoms with Gasteiger partial charge in [0.25, 0.3) is 15.6 Å². The Morgan fingerprint density at radius 2 is 1.75 bits per heavy atom. The highest BCUT2D eigenvalue weighted by atomic mass is 32.2. The number of ether oxygens (including phenoxy) is 1. The molecule has 184 valence electrons. The van der Waals surface area contributed by atoms with Gasteiger partial charge in [0, 0.05) is 46.9 Å². The second-order valence-electron chi connectivity index (χ2n) is 8.74. The van der Waals surface area contributed by atoms with E-state index in [-0.39, 0.29) is 22.7 Å². The first-order valence-electron chi connectivity index (χ1n) is 11.2. The zero-order chi connectivity index (χ0) is 25.6. The number of halogens is 2. The van der Waals surface area contributed by atoms with Crippen molar-refractivity contribution in [2.45, 2.75) is 18.8 Å². The lowest BCUT2D eigenvalue weighted by Gasteiger charge is -2.17. The number of benzene rings is 3. The summed E-state index contributed by atoms with van der Waals surface area (Å²) in [5.41, 5.74) is 2.11. The lowest BCUT2D eigenvalue weighted by molar-refractivity contribution is 0.439. The van der Waals surface area contributed by atoms with Crippen LogP contribution in [0.1, 0.15) is 24.3 Å². The number of rotatable bonds is 7. The van der Waals surface area contributed by atoms with E-state index in [1.165, 1.54) is 28.8 Å². The van der Waals surface area contributed by atoms with E-state index in [0.29, 0.717) is 33.9 Å². The Bertz CT molecular complexity index is 1690. The summed E-state index contributed by atoms with van der Waals surface area (Å²) < 4.78 is 61.7. The minimum Gasteiger partial charge on any atom is -0.454 e. The van der Waals surface area contributed by atoms with E-state index in [1.54, 1.807) is 13.2 Å². The molecule has 1 saturated carbocycles. The van der Waals surface area contributed by atoms with Crippen molar-refractivity contribution in [2.24, 2.45) is 7.05 Å². The van der Waals surface area contributed by atoms with Crippen LogP contribution in [-0.2, 0) is 17.1 Å². The van der Waals surface area contributed by atoms with Crippen LogP contribution in [0.15, 0.2) is 77.6 Å². The van der Waals surface area contributed by atoms with Crippen molar-refractivity contribution in [3.05, 3.63) is 100 Å². The maximum Gasteiger partial charge on any atom is 0.258 e. The number of nitrogens with one attached hydrogen (secondary N) is 1. The fourth-order valence-corrected chi connectivity index (χ4v) is 4.68. The molecule has 0 amide bonds. The highest BCUT2D eigenvalue weighted by Crippen LogP contribution is 2.43. The maximum absolute atomic E-state index is 14.4. The molecular formula is C27H22F2N2O4S. The van der Waals surface area contributed by atoms with Gasteiger partial charge in [-0.2, -0.15) is 0 Å². The van der Waals surface area contributed by atoms with Gasteiger partial charge in [0.1, 0.15) is 11.6 Å². The first-order chi connectivity index (χ1) is 17.1. The molecule has 0 unspecified atom stereocenters. The predicted molar refractivity (Wildman–Crippen MR) is 136 cm³/mol. The van der Waals surface area contributed by atoms with Gasteiger partial charge in [-0.05, 0) is 66.1 Å². The van der Waals surface area contributed by atoms with Crippen molar-refractivity contribution in [1.29, 1.82) is 0 Å². The Labute approximate surface area is 206 Å². The monoisotopic (exact) mass is 508 g/mol. The van der Waals surface area contributed by atoms with Gasteiger partial charge < -0.3 is 9.30 Å². The number of hydrogen-bond acceptors (Lipinski definition) is 4. The minimum absolute atomic E-state index is 0.174. The van der Waals surface area contributed by atoms with E-state index in [1.807, 2.05) is 18.2 Å². The number of hydrogen-bond donors (Lipinski definition) is 1. The summed E-state index contributed by atoms with van der Waals surface area (Å²) in [4.78, 5) is 13.0. The molecule has 36 heavy (non-hydrogen) atoms. The summed E-state index contributed by atoms with van der Waals surface area (Å²) in [6.07, 6.45) is 3.78. The van der Waals surface area contributed by atoms with Gasteiger partial charge in [-0.3, -0.25) is 9.52 Å². The average molecular weight is 509 g/mol. The molecule has 1 N–H and O–H groups in total. The average Bonchev–Trinajstić information content (AvgIpc) is 3.69. The van der Waals surface area contributed by atoms with Crippen LogP contribution in [0.25, 0.3) is 21.9 Å². The van der Waals surface area contributed by atoms with Gasteiger partial charge in [0.2, 0.25) is 0 Å². The normalized spacial score (nSPS) is 13.5. The molecule has 0 bridgehead atoms. The third-order valence-electron chi connectivity index (χ3n) is 6.12. The van der Waals surface area contributed by atoms with Crippen LogP contribution in [0.4, 0.5) is 14.5 Å². The summed E-state index contributed by atoms with van der Waals surface area (Å²) in [5, 5.41) is 1.93. The van der Waals surface area contributed by atoms with Crippen molar-refractivity contribution >= 4 is 26.5 Å².